The first-order valence-corrected chi connectivity index (χ1v) is 8.61. The van der Waals surface area contributed by atoms with E-state index < -0.39 is 0 Å². The third-order valence-corrected chi connectivity index (χ3v) is 4.89. The van der Waals surface area contributed by atoms with Crippen LogP contribution in [0.2, 0.25) is 0 Å². The number of anilines is 2. The fraction of sp³-hybridized carbons (Fsp3) is 0.300. The summed E-state index contributed by atoms with van der Waals surface area (Å²) in [7, 11) is 0. The minimum Gasteiger partial charge on any atom is -0.356 e. The predicted molar refractivity (Wildman–Crippen MR) is 97.6 cm³/mol. The number of hydrogen-bond donors (Lipinski definition) is 2. The number of nitrogens with one attached hydrogen (secondary N) is 2. The zero-order chi connectivity index (χ0) is 17.4. The molecule has 5 heteroatoms. The number of para-hydroxylation sites is 2. The maximum atomic E-state index is 12.4. The monoisotopic (exact) mass is 335 g/mol. The van der Waals surface area contributed by atoms with Crippen molar-refractivity contribution in [2.24, 2.45) is 0 Å². The summed E-state index contributed by atoms with van der Waals surface area (Å²) in [6, 6.07) is 15.6. The highest BCUT2D eigenvalue weighted by molar-refractivity contribution is 6.04. The molecule has 2 unspecified atom stereocenters. The van der Waals surface area contributed by atoms with Crippen molar-refractivity contribution >= 4 is 23.2 Å². The normalized spacial score (nSPS) is 21.3. The Labute approximate surface area is 147 Å². The van der Waals surface area contributed by atoms with Gasteiger partial charge in [0.2, 0.25) is 11.8 Å². The van der Waals surface area contributed by atoms with Crippen LogP contribution >= 0.6 is 0 Å². The van der Waals surface area contributed by atoms with Crippen molar-refractivity contribution in [2.45, 2.75) is 31.8 Å². The summed E-state index contributed by atoms with van der Waals surface area (Å²) in [5.74, 6) is 0.0123. The molecule has 2 heterocycles. The quantitative estimate of drug-likeness (QED) is 0.904. The lowest BCUT2D eigenvalue weighted by Crippen LogP contribution is -2.44. The van der Waals surface area contributed by atoms with Crippen molar-refractivity contribution in [3.05, 3.63) is 59.7 Å². The van der Waals surface area contributed by atoms with Crippen molar-refractivity contribution in [3.63, 3.8) is 0 Å². The Kier molecular flexibility index (Phi) is 3.92. The molecule has 2 aromatic rings. The smallest absolute Gasteiger partial charge is 0.247 e. The van der Waals surface area contributed by atoms with Crippen LogP contribution in [0.4, 0.5) is 11.4 Å². The third-order valence-electron chi connectivity index (χ3n) is 4.89. The van der Waals surface area contributed by atoms with Crippen LogP contribution in [0.15, 0.2) is 48.5 Å². The highest BCUT2D eigenvalue weighted by Gasteiger charge is 2.41. The number of rotatable bonds is 3. The maximum Gasteiger partial charge on any atom is 0.247 e. The van der Waals surface area contributed by atoms with Crippen LogP contribution in [0.3, 0.4) is 0 Å². The van der Waals surface area contributed by atoms with E-state index >= 15 is 0 Å². The van der Waals surface area contributed by atoms with Gasteiger partial charge in [-0.2, -0.15) is 0 Å². The SMILES string of the molecule is Cc1cccc(CC(=O)NC2CC3C(=O)Nc4ccccc4N3C2)c1. The topological polar surface area (TPSA) is 61.4 Å². The van der Waals surface area contributed by atoms with Gasteiger partial charge in [0.05, 0.1) is 17.8 Å². The first-order chi connectivity index (χ1) is 12.1. The van der Waals surface area contributed by atoms with Gasteiger partial charge in [0.15, 0.2) is 0 Å². The molecule has 5 nitrogen and oxygen atoms in total. The fourth-order valence-corrected chi connectivity index (χ4v) is 3.79. The summed E-state index contributed by atoms with van der Waals surface area (Å²) in [6.45, 7) is 2.68. The Morgan fingerprint density at radius 1 is 1.24 bits per heavy atom. The highest BCUT2D eigenvalue weighted by atomic mass is 16.2. The van der Waals surface area contributed by atoms with Crippen LogP contribution < -0.4 is 15.5 Å². The molecule has 128 valence electrons. The molecule has 2 N–H and O–H groups in total. The molecule has 1 saturated heterocycles. The largest absolute Gasteiger partial charge is 0.356 e. The van der Waals surface area contributed by atoms with E-state index in [9.17, 15) is 9.59 Å². The van der Waals surface area contributed by atoms with Gasteiger partial charge in [-0.1, -0.05) is 42.0 Å². The number of amides is 2. The maximum absolute atomic E-state index is 12.4. The van der Waals surface area contributed by atoms with Gasteiger partial charge in [-0.3, -0.25) is 9.59 Å². The summed E-state index contributed by atoms with van der Waals surface area (Å²) < 4.78 is 0. The molecule has 1 fully saturated rings. The first kappa shape index (κ1) is 15.7. The lowest BCUT2D eigenvalue weighted by molar-refractivity contribution is -0.121. The average molecular weight is 335 g/mol. The minimum absolute atomic E-state index is 0.00383. The zero-order valence-corrected chi connectivity index (χ0v) is 14.2. The molecular formula is C20H21N3O2. The molecule has 0 aliphatic carbocycles. The second-order valence-corrected chi connectivity index (χ2v) is 6.84. The molecule has 0 aromatic heterocycles. The van der Waals surface area contributed by atoms with Gasteiger partial charge in [0, 0.05) is 12.6 Å². The molecule has 4 rings (SSSR count). The number of hydrogen-bond acceptors (Lipinski definition) is 3. The molecule has 0 radical (unpaired) electrons. The lowest BCUT2D eigenvalue weighted by atomic mass is 10.1. The second kappa shape index (κ2) is 6.24. The molecule has 25 heavy (non-hydrogen) atoms. The summed E-state index contributed by atoms with van der Waals surface area (Å²) in [6.07, 6.45) is 1.01. The van der Waals surface area contributed by atoms with Crippen LogP contribution in [0, 0.1) is 6.92 Å². The van der Waals surface area contributed by atoms with Crippen molar-refractivity contribution < 1.29 is 9.59 Å². The van der Waals surface area contributed by atoms with Crippen LogP contribution in [-0.2, 0) is 16.0 Å². The summed E-state index contributed by atoms with van der Waals surface area (Å²) in [5, 5.41) is 6.05. The number of nitrogens with zero attached hydrogens (tertiary/aromatic N) is 1. The molecule has 0 bridgehead atoms. The van der Waals surface area contributed by atoms with Gasteiger partial charge >= 0.3 is 0 Å². The highest BCUT2D eigenvalue weighted by Crippen LogP contribution is 2.36. The van der Waals surface area contributed by atoms with Crippen molar-refractivity contribution in [2.75, 3.05) is 16.8 Å². The number of aryl methyl sites for hydroxylation is 1. The summed E-state index contributed by atoms with van der Waals surface area (Å²) >= 11 is 0. The molecule has 2 aliphatic heterocycles. The van der Waals surface area contributed by atoms with E-state index in [1.54, 1.807) is 0 Å². The number of carbonyl (C=O) groups is 2. The van der Waals surface area contributed by atoms with Crippen LogP contribution in [0.25, 0.3) is 0 Å². The molecule has 0 spiro atoms. The number of benzene rings is 2. The fourth-order valence-electron chi connectivity index (χ4n) is 3.79. The lowest BCUT2D eigenvalue weighted by Gasteiger charge is -2.32. The van der Waals surface area contributed by atoms with Gasteiger partial charge in [-0.25, -0.2) is 0 Å². The standard InChI is InChI=1S/C20H21N3O2/c1-13-5-4-6-14(9-13)10-19(24)21-15-11-18-20(25)22-16-7-2-3-8-17(16)23(18)12-15/h2-9,15,18H,10-12H2,1H3,(H,21,24)(H,22,25). The van der Waals surface area contributed by atoms with Gasteiger partial charge < -0.3 is 15.5 Å². The molecule has 2 aliphatic rings. The second-order valence-electron chi connectivity index (χ2n) is 6.84. The van der Waals surface area contributed by atoms with Gasteiger partial charge in [0.1, 0.15) is 6.04 Å². The Balaban J connectivity index is 1.44. The molecule has 2 amide bonds. The van der Waals surface area contributed by atoms with Crippen LogP contribution in [0.5, 0.6) is 0 Å². The van der Waals surface area contributed by atoms with E-state index in [2.05, 4.69) is 15.5 Å². The number of carbonyl (C=O) groups excluding carboxylic acids is 2. The summed E-state index contributed by atoms with van der Waals surface area (Å²) in [5.41, 5.74) is 4.03. The van der Waals surface area contributed by atoms with Gasteiger partial charge in [-0.05, 0) is 31.0 Å². The van der Waals surface area contributed by atoms with E-state index in [1.807, 2.05) is 55.5 Å². The van der Waals surface area contributed by atoms with Crippen molar-refractivity contribution in [1.82, 2.24) is 5.32 Å². The zero-order valence-electron chi connectivity index (χ0n) is 14.2. The first-order valence-electron chi connectivity index (χ1n) is 8.61. The van der Waals surface area contributed by atoms with E-state index in [0.717, 1.165) is 22.5 Å². The van der Waals surface area contributed by atoms with E-state index in [-0.39, 0.29) is 23.9 Å². The Hall–Kier alpha value is -2.82. The summed E-state index contributed by atoms with van der Waals surface area (Å²) in [4.78, 5) is 26.8. The Morgan fingerprint density at radius 2 is 2.08 bits per heavy atom. The minimum atomic E-state index is -0.209. The van der Waals surface area contributed by atoms with Gasteiger partial charge in [-0.15, -0.1) is 0 Å². The molecule has 2 atom stereocenters. The van der Waals surface area contributed by atoms with Crippen LogP contribution in [-0.4, -0.2) is 30.4 Å². The third kappa shape index (κ3) is 3.09. The predicted octanol–water partition coefficient (Wildman–Crippen LogP) is 2.25. The molecule has 2 aromatic carbocycles. The van der Waals surface area contributed by atoms with E-state index in [0.29, 0.717) is 19.4 Å². The van der Waals surface area contributed by atoms with Gasteiger partial charge in [0.25, 0.3) is 0 Å². The molecular weight excluding hydrogens is 314 g/mol. The Bertz CT molecular complexity index is 833. The number of fused-ring (bicyclic) bond motifs is 3. The van der Waals surface area contributed by atoms with E-state index in [4.69, 9.17) is 0 Å². The van der Waals surface area contributed by atoms with Crippen molar-refractivity contribution in [3.8, 4) is 0 Å². The average Bonchev–Trinajstić information content (AvgIpc) is 2.99. The van der Waals surface area contributed by atoms with Crippen LogP contribution in [0.1, 0.15) is 17.5 Å². The van der Waals surface area contributed by atoms with E-state index in [1.165, 1.54) is 0 Å². The molecule has 0 saturated carbocycles. The van der Waals surface area contributed by atoms with Crippen molar-refractivity contribution in [1.29, 1.82) is 0 Å². The Morgan fingerprint density at radius 3 is 2.92 bits per heavy atom.